The van der Waals surface area contributed by atoms with Gasteiger partial charge in [-0.25, -0.2) is 0 Å². The van der Waals surface area contributed by atoms with Crippen LogP contribution in [0.2, 0.25) is 0 Å². The number of methoxy groups -OCH3 is 1. The fraction of sp³-hybridized carbons (Fsp3) is 0.433. The first-order valence-electron chi connectivity index (χ1n) is 13.1. The largest absolute Gasteiger partial charge is 0.508 e. The van der Waals surface area contributed by atoms with E-state index in [0.717, 1.165) is 22.4 Å². The third-order valence-electron chi connectivity index (χ3n) is 7.49. The predicted octanol–water partition coefficient (Wildman–Crippen LogP) is 3.44. The van der Waals surface area contributed by atoms with Crippen LogP contribution in [0.1, 0.15) is 43.9 Å². The van der Waals surface area contributed by atoms with Crippen molar-refractivity contribution in [3.05, 3.63) is 71.1 Å². The second-order valence-electron chi connectivity index (χ2n) is 9.98. The van der Waals surface area contributed by atoms with Crippen LogP contribution >= 0.6 is 0 Å². The number of aromatic hydroxyl groups is 1. The summed E-state index contributed by atoms with van der Waals surface area (Å²) >= 11 is 0. The van der Waals surface area contributed by atoms with Crippen LogP contribution in [0.25, 0.3) is 11.6 Å². The van der Waals surface area contributed by atoms with Crippen LogP contribution in [0, 0.1) is 17.8 Å². The number of aromatic nitrogens is 1. The van der Waals surface area contributed by atoms with Crippen molar-refractivity contribution in [3.8, 4) is 5.75 Å². The second kappa shape index (κ2) is 12.5. The minimum atomic E-state index is -0.947. The fourth-order valence-corrected chi connectivity index (χ4v) is 5.87. The summed E-state index contributed by atoms with van der Waals surface area (Å²) in [5, 5.41) is 31.8. The second-order valence-corrected chi connectivity index (χ2v) is 9.98. The summed E-state index contributed by atoms with van der Waals surface area (Å²) in [7, 11) is 1.55. The number of amides is 2. The van der Waals surface area contributed by atoms with Gasteiger partial charge in [-0.15, -0.1) is 0 Å². The highest BCUT2D eigenvalue weighted by Crippen LogP contribution is 2.46. The molecule has 8 heteroatoms. The number of hydrogen-bond acceptors (Lipinski definition) is 7. The molecule has 8 nitrogen and oxygen atoms in total. The molecule has 1 aromatic carbocycles. The maximum atomic E-state index is 13.2. The monoisotopic (exact) mass is 520 g/mol. The highest BCUT2D eigenvalue weighted by atomic mass is 16.5. The zero-order valence-electron chi connectivity index (χ0n) is 21.9. The summed E-state index contributed by atoms with van der Waals surface area (Å²) in [6.07, 6.45) is 4.46. The van der Waals surface area contributed by atoms with Crippen molar-refractivity contribution in [2.75, 3.05) is 26.9 Å². The Bertz CT molecular complexity index is 1210. The molecule has 4 atom stereocenters. The van der Waals surface area contributed by atoms with Crippen molar-refractivity contribution in [2.24, 2.45) is 17.8 Å². The summed E-state index contributed by atoms with van der Waals surface area (Å²) in [6, 6.07) is 12.5. The minimum Gasteiger partial charge on any atom is -0.508 e. The maximum absolute atomic E-state index is 13.2. The first-order chi connectivity index (χ1) is 18.4. The average molecular weight is 521 g/mol. The van der Waals surface area contributed by atoms with E-state index in [9.17, 15) is 24.9 Å². The average Bonchev–Trinajstić information content (AvgIpc) is 3.15. The van der Waals surface area contributed by atoms with Gasteiger partial charge in [0, 0.05) is 25.8 Å². The van der Waals surface area contributed by atoms with Gasteiger partial charge in [0.25, 0.3) is 0 Å². The number of carbonyl (C=O) groups is 2. The number of phenolic OH excluding ortho intramolecular Hbond substituents is 1. The Kier molecular flexibility index (Phi) is 9.09. The van der Waals surface area contributed by atoms with Gasteiger partial charge in [0.05, 0.1) is 36.8 Å². The number of ether oxygens (including phenoxy) is 1. The van der Waals surface area contributed by atoms with Crippen molar-refractivity contribution in [1.82, 2.24) is 9.88 Å². The van der Waals surface area contributed by atoms with Crippen LogP contribution in [-0.4, -0.2) is 70.0 Å². The Labute approximate surface area is 223 Å². The number of aliphatic hydroxyl groups excluding tert-OH is 2. The van der Waals surface area contributed by atoms with E-state index in [1.54, 1.807) is 31.5 Å². The molecule has 4 rings (SSSR count). The molecule has 3 N–H and O–H groups in total. The number of benzene rings is 1. The molecule has 0 bridgehead atoms. The number of allylic oxidation sites excluding steroid dienone is 1. The molecular formula is C30H36N2O6. The first kappa shape index (κ1) is 27.7. The molecule has 0 saturated carbocycles. The molecule has 38 heavy (non-hydrogen) atoms. The Morgan fingerprint density at radius 2 is 2.03 bits per heavy atom. The van der Waals surface area contributed by atoms with Crippen LogP contribution in [0.4, 0.5) is 0 Å². The number of nitrogens with zero attached hydrogens (tertiary/aromatic N) is 2. The van der Waals surface area contributed by atoms with Crippen molar-refractivity contribution < 1.29 is 29.6 Å². The summed E-state index contributed by atoms with van der Waals surface area (Å²) in [5.41, 5.74) is 3.81. The Balaban J connectivity index is 1.63. The highest BCUT2D eigenvalue weighted by Gasteiger charge is 2.54. The number of aliphatic hydroxyl groups is 2. The van der Waals surface area contributed by atoms with E-state index in [1.165, 1.54) is 4.90 Å². The maximum Gasteiger partial charge on any atom is 0.233 e. The molecule has 0 spiro atoms. The third kappa shape index (κ3) is 5.72. The number of rotatable bonds is 11. The van der Waals surface area contributed by atoms with Gasteiger partial charge in [-0.05, 0) is 78.3 Å². The van der Waals surface area contributed by atoms with Crippen molar-refractivity contribution in [3.63, 3.8) is 0 Å². The summed E-state index contributed by atoms with van der Waals surface area (Å²) < 4.78 is 5.42. The van der Waals surface area contributed by atoms with Gasteiger partial charge >= 0.3 is 0 Å². The van der Waals surface area contributed by atoms with Gasteiger partial charge in [-0.3, -0.25) is 19.5 Å². The molecule has 1 aliphatic carbocycles. The Morgan fingerprint density at radius 1 is 1.21 bits per heavy atom. The van der Waals surface area contributed by atoms with Crippen molar-refractivity contribution in [2.45, 2.75) is 38.7 Å². The van der Waals surface area contributed by atoms with E-state index >= 15 is 0 Å². The number of phenols is 1. The zero-order valence-corrected chi connectivity index (χ0v) is 21.9. The summed E-state index contributed by atoms with van der Waals surface area (Å²) in [6.45, 7) is 2.15. The fourth-order valence-electron chi connectivity index (χ4n) is 5.87. The van der Waals surface area contributed by atoms with Crippen LogP contribution in [0.3, 0.4) is 0 Å². The van der Waals surface area contributed by atoms with Crippen LogP contribution in [0.15, 0.2) is 59.8 Å². The van der Waals surface area contributed by atoms with E-state index in [-0.39, 0.29) is 30.8 Å². The van der Waals surface area contributed by atoms with E-state index in [1.807, 2.05) is 37.3 Å². The Morgan fingerprint density at radius 3 is 2.68 bits per heavy atom. The zero-order chi connectivity index (χ0) is 27.2. The highest BCUT2D eigenvalue weighted by molar-refractivity contribution is 6.05. The molecule has 2 heterocycles. The van der Waals surface area contributed by atoms with Gasteiger partial charge in [0.2, 0.25) is 11.8 Å². The quantitative estimate of drug-likeness (QED) is 0.307. The van der Waals surface area contributed by atoms with Gasteiger partial charge in [-0.2, -0.15) is 0 Å². The van der Waals surface area contributed by atoms with E-state index < -0.39 is 23.9 Å². The molecule has 2 amide bonds. The molecule has 1 aliphatic heterocycles. The topological polar surface area (TPSA) is 120 Å². The molecule has 0 radical (unpaired) electrons. The van der Waals surface area contributed by atoms with Gasteiger partial charge in [0.15, 0.2) is 0 Å². The lowest BCUT2D eigenvalue weighted by Gasteiger charge is -2.36. The number of likely N-dealkylation sites (tertiary alicyclic amines) is 1. The van der Waals surface area contributed by atoms with Crippen LogP contribution in [-0.2, 0) is 14.3 Å². The van der Waals surface area contributed by atoms with E-state index in [0.29, 0.717) is 37.8 Å². The summed E-state index contributed by atoms with van der Waals surface area (Å²) in [4.78, 5) is 32.1. The number of imide groups is 1. The Hall–Kier alpha value is -3.33. The van der Waals surface area contributed by atoms with Crippen molar-refractivity contribution in [1.29, 1.82) is 0 Å². The molecule has 1 aromatic heterocycles. The van der Waals surface area contributed by atoms with Gasteiger partial charge < -0.3 is 20.1 Å². The molecule has 0 unspecified atom stereocenters. The normalized spacial score (nSPS) is 22.7. The molecule has 2 aromatic rings. The lowest BCUT2D eigenvalue weighted by atomic mass is 9.68. The minimum absolute atomic E-state index is 0.156. The number of pyridine rings is 1. The number of hydrogen-bond donors (Lipinski definition) is 3. The van der Waals surface area contributed by atoms with Crippen molar-refractivity contribution >= 4 is 23.5 Å². The number of fused-ring (bicyclic) bond motifs is 1. The lowest BCUT2D eigenvalue weighted by molar-refractivity contribution is -0.140. The molecule has 2 aliphatic rings. The molecule has 202 valence electrons. The van der Waals surface area contributed by atoms with Crippen LogP contribution in [0.5, 0.6) is 5.75 Å². The third-order valence-corrected chi connectivity index (χ3v) is 7.49. The SMILES string of the molecule is CCCN1C(=O)[C@@H]2[C@@H](CC(COC)=C([C@H](O)CC/C(=C/c3cccc(O)c3)c3ccccn3)[C@@H]2CO)C1=O. The molecule has 1 saturated heterocycles. The van der Waals surface area contributed by atoms with Gasteiger partial charge in [0.1, 0.15) is 5.75 Å². The first-order valence-corrected chi connectivity index (χ1v) is 13.1. The van der Waals surface area contributed by atoms with Crippen LogP contribution < -0.4 is 0 Å². The lowest BCUT2D eigenvalue weighted by Crippen LogP contribution is -2.39. The van der Waals surface area contributed by atoms with E-state index in [4.69, 9.17) is 4.74 Å². The smallest absolute Gasteiger partial charge is 0.233 e. The van der Waals surface area contributed by atoms with Gasteiger partial charge in [-0.1, -0.05) is 25.1 Å². The standard InChI is InChI=1S/C30H36N2O6/c1-3-13-32-29(36)23-16-21(18-38-2)27(24(17-33)28(23)30(32)37)26(35)11-10-20(25-9-4-5-12-31-25)14-19-7-6-8-22(34)15-19/h4-9,12,14-15,23-24,26,28,33-35H,3,10-11,13,16-18H2,1-2H3/b20-14-/t23-,24+,26-,28-/m1/s1. The molecule has 1 fully saturated rings. The predicted molar refractivity (Wildman–Crippen MR) is 144 cm³/mol. The molecular weight excluding hydrogens is 484 g/mol. The van der Waals surface area contributed by atoms with E-state index in [2.05, 4.69) is 4.98 Å². The number of carbonyl (C=O) groups excluding carboxylic acids is 2. The summed E-state index contributed by atoms with van der Waals surface area (Å²) in [5.74, 6) is -2.18.